The fourth-order valence-electron chi connectivity index (χ4n) is 3.93. The molecule has 4 heterocycles. The molecule has 1 aromatic carbocycles. The monoisotopic (exact) mass is 470 g/mol. The maximum absolute atomic E-state index is 13.0. The van der Waals surface area contributed by atoms with Crippen molar-refractivity contribution in [2.45, 2.75) is 23.8 Å². The summed E-state index contributed by atoms with van der Waals surface area (Å²) in [5.74, 6) is -0.538. The third-order valence-corrected chi connectivity index (χ3v) is 7.50. The first-order valence-corrected chi connectivity index (χ1v) is 12.1. The molecule has 1 fully saturated rings. The summed E-state index contributed by atoms with van der Waals surface area (Å²) >= 11 is 1.25. The first-order valence-electron chi connectivity index (χ1n) is 9.79. The van der Waals surface area contributed by atoms with E-state index in [9.17, 15) is 18.0 Å². The number of sulfonamides is 1. The molecule has 0 spiro atoms. The fourth-order valence-corrected chi connectivity index (χ4v) is 5.86. The zero-order valence-corrected chi connectivity index (χ0v) is 18.2. The van der Waals surface area contributed by atoms with Gasteiger partial charge in [0, 0.05) is 29.2 Å². The number of fused-ring (bicyclic) bond motifs is 1. The van der Waals surface area contributed by atoms with Gasteiger partial charge in [-0.3, -0.25) is 9.59 Å². The van der Waals surface area contributed by atoms with Crippen molar-refractivity contribution < 1.29 is 18.0 Å². The number of amides is 2. The van der Waals surface area contributed by atoms with Gasteiger partial charge in [-0.25, -0.2) is 4.98 Å². The molecular weight excluding hydrogens is 452 g/mol. The minimum absolute atomic E-state index is 0.160. The van der Waals surface area contributed by atoms with Crippen LogP contribution in [0.5, 0.6) is 0 Å². The standard InChI is InChI=1S/C20H18N6O4S2/c21-17(27)13-8-11(9-22-13)14-10-31-20(23-14)24-19(28)15-5-3-7-26(15)18-12-4-1-2-6-16(12)32(29,30)25-18/h1-2,4,6,8-10,15,22H,3,5,7H2,(H2,21,27)(H,23,24,28)/t15-/m0/s1. The lowest BCUT2D eigenvalue weighted by molar-refractivity contribution is -0.119. The predicted molar refractivity (Wildman–Crippen MR) is 119 cm³/mol. The van der Waals surface area contributed by atoms with Crippen LogP contribution in [0.2, 0.25) is 0 Å². The van der Waals surface area contributed by atoms with Crippen molar-refractivity contribution in [1.29, 1.82) is 0 Å². The molecule has 2 aromatic heterocycles. The van der Waals surface area contributed by atoms with Crippen LogP contribution in [0, 0.1) is 0 Å². The van der Waals surface area contributed by atoms with Gasteiger partial charge in [0.2, 0.25) is 5.91 Å². The molecule has 32 heavy (non-hydrogen) atoms. The van der Waals surface area contributed by atoms with Crippen LogP contribution in [-0.2, 0) is 14.8 Å². The van der Waals surface area contributed by atoms with Crippen LogP contribution in [0.25, 0.3) is 11.3 Å². The predicted octanol–water partition coefficient (Wildman–Crippen LogP) is 1.79. The number of nitrogens with two attached hydrogens (primary N) is 1. The fraction of sp³-hybridized carbons (Fsp3) is 0.200. The second-order valence-electron chi connectivity index (χ2n) is 7.43. The van der Waals surface area contributed by atoms with E-state index in [1.54, 1.807) is 40.7 Å². The minimum atomic E-state index is -3.76. The molecule has 1 atom stereocenters. The number of anilines is 1. The third kappa shape index (κ3) is 3.46. The lowest BCUT2D eigenvalue weighted by atomic mass is 10.1. The normalized spacial score (nSPS) is 18.9. The highest BCUT2D eigenvalue weighted by atomic mass is 32.2. The van der Waals surface area contributed by atoms with E-state index in [0.29, 0.717) is 40.8 Å². The zero-order valence-electron chi connectivity index (χ0n) is 16.6. The van der Waals surface area contributed by atoms with Gasteiger partial charge in [0.1, 0.15) is 16.6 Å². The van der Waals surface area contributed by atoms with Gasteiger partial charge < -0.3 is 20.9 Å². The van der Waals surface area contributed by atoms with E-state index < -0.39 is 22.0 Å². The summed E-state index contributed by atoms with van der Waals surface area (Å²) in [6, 6.07) is 7.67. The topological polar surface area (TPSA) is 151 Å². The van der Waals surface area contributed by atoms with Crippen molar-refractivity contribution >= 4 is 44.1 Å². The molecule has 4 N–H and O–H groups in total. The highest BCUT2D eigenvalue weighted by molar-refractivity contribution is 7.90. The number of hydrogen-bond acceptors (Lipinski definition) is 7. The van der Waals surface area contributed by atoms with Gasteiger partial charge in [-0.1, -0.05) is 12.1 Å². The van der Waals surface area contributed by atoms with E-state index in [0.717, 1.165) is 6.42 Å². The number of amidine groups is 1. The molecule has 12 heteroatoms. The summed E-state index contributed by atoms with van der Waals surface area (Å²) in [5, 5.41) is 4.99. The summed E-state index contributed by atoms with van der Waals surface area (Å²) in [6.45, 7) is 0.531. The molecule has 2 aliphatic rings. The Morgan fingerprint density at radius 3 is 2.88 bits per heavy atom. The molecule has 164 valence electrons. The number of rotatable bonds is 4. The number of hydrogen-bond donors (Lipinski definition) is 3. The molecule has 2 aliphatic heterocycles. The summed E-state index contributed by atoms with van der Waals surface area (Å²) in [6.07, 6.45) is 2.93. The van der Waals surface area contributed by atoms with Crippen molar-refractivity contribution in [1.82, 2.24) is 14.9 Å². The number of aromatic nitrogens is 2. The van der Waals surface area contributed by atoms with Gasteiger partial charge >= 0.3 is 0 Å². The van der Waals surface area contributed by atoms with Crippen LogP contribution in [0.4, 0.5) is 5.13 Å². The van der Waals surface area contributed by atoms with Crippen molar-refractivity contribution in [3.8, 4) is 11.3 Å². The number of nitrogens with zero attached hydrogens (tertiary/aromatic N) is 3. The van der Waals surface area contributed by atoms with E-state index in [-0.39, 0.29) is 16.5 Å². The van der Waals surface area contributed by atoms with Gasteiger partial charge in [-0.2, -0.15) is 8.42 Å². The van der Waals surface area contributed by atoms with Crippen molar-refractivity contribution in [2.75, 3.05) is 11.9 Å². The Bertz CT molecular complexity index is 1370. The molecule has 0 aliphatic carbocycles. The Morgan fingerprint density at radius 2 is 2.09 bits per heavy atom. The van der Waals surface area contributed by atoms with E-state index >= 15 is 0 Å². The van der Waals surface area contributed by atoms with E-state index in [1.165, 1.54) is 17.4 Å². The van der Waals surface area contributed by atoms with Crippen molar-refractivity contribution in [3.05, 3.63) is 53.2 Å². The molecule has 5 rings (SSSR count). The highest BCUT2D eigenvalue weighted by Crippen LogP contribution is 2.32. The number of benzene rings is 1. The largest absolute Gasteiger partial charge is 0.364 e. The number of carbonyl (C=O) groups excluding carboxylic acids is 2. The Labute approximate surface area is 187 Å². The number of carbonyl (C=O) groups is 2. The lowest BCUT2D eigenvalue weighted by Gasteiger charge is -2.25. The number of primary amides is 1. The summed E-state index contributed by atoms with van der Waals surface area (Å²) in [7, 11) is -3.76. The van der Waals surface area contributed by atoms with Gasteiger partial charge in [-0.15, -0.1) is 15.7 Å². The summed E-state index contributed by atoms with van der Waals surface area (Å²) in [5.41, 5.74) is 7.32. The minimum Gasteiger partial charge on any atom is -0.364 e. The van der Waals surface area contributed by atoms with Gasteiger partial charge in [0.15, 0.2) is 11.0 Å². The van der Waals surface area contributed by atoms with Gasteiger partial charge in [0.25, 0.3) is 15.9 Å². The van der Waals surface area contributed by atoms with E-state index in [1.807, 2.05) is 0 Å². The Kier molecular flexibility index (Phi) is 4.82. The van der Waals surface area contributed by atoms with Gasteiger partial charge in [-0.05, 0) is 31.0 Å². The molecule has 0 saturated carbocycles. The molecule has 0 radical (unpaired) electrons. The molecule has 3 aromatic rings. The number of aromatic amines is 1. The maximum atomic E-state index is 13.0. The average molecular weight is 471 g/mol. The second-order valence-corrected chi connectivity index (χ2v) is 9.86. The number of thiazole rings is 1. The highest BCUT2D eigenvalue weighted by Gasteiger charge is 2.39. The number of likely N-dealkylation sites (tertiary alicyclic amines) is 1. The molecule has 10 nitrogen and oxygen atoms in total. The van der Waals surface area contributed by atoms with Crippen LogP contribution in [-0.4, -0.2) is 53.5 Å². The molecule has 0 bridgehead atoms. The lowest BCUT2D eigenvalue weighted by Crippen LogP contribution is -2.43. The number of nitrogens with one attached hydrogen (secondary N) is 2. The Morgan fingerprint density at radius 1 is 1.28 bits per heavy atom. The van der Waals surface area contributed by atoms with Crippen LogP contribution in [0.3, 0.4) is 0 Å². The van der Waals surface area contributed by atoms with E-state index in [4.69, 9.17) is 5.73 Å². The first-order chi connectivity index (χ1) is 15.3. The summed E-state index contributed by atoms with van der Waals surface area (Å²) in [4.78, 5) is 33.4. The van der Waals surface area contributed by atoms with Crippen LogP contribution in [0.15, 0.2) is 51.2 Å². The SMILES string of the molecule is NC(=O)c1cc(-c2csc(NC(=O)[C@@H]3CCCN3C3=NS(=O)(=O)c4ccccc43)n2)c[nH]1. The van der Waals surface area contributed by atoms with Crippen molar-refractivity contribution in [3.63, 3.8) is 0 Å². The zero-order chi connectivity index (χ0) is 22.5. The first kappa shape index (κ1) is 20.4. The quantitative estimate of drug-likeness (QED) is 0.529. The molecule has 2 amide bonds. The molecular formula is C20H18N6O4S2. The third-order valence-electron chi connectivity index (χ3n) is 5.42. The molecule has 0 unspecified atom stereocenters. The smallest absolute Gasteiger partial charge is 0.285 e. The van der Waals surface area contributed by atoms with Crippen LogP contribution in [0.1, 0.15) is 28.9 Å². The van der Waals surface area contributed by atoms with Crippen molar-refractivity contribution in [2.24, 2.45) is 10.1 Å². The summed E-state index contributed by atoms with van der Waals surface area (Å²) < 4.78 is 28.8. The second kappa shape index (κ2) is 7.57. The Hall–Kier alpha value is -3.51. The Balaban J connectivity index is 1.35. The van der Waals surface area contributed by atoms with Gasteiger partial charge in [0.05, 0.1) is 5.69 Å². The van der Waals surface area contributed by atoms with E-state index in [2.05, 4.69) is 19.7 Å². The molecule has 1 saturated heterocycles. The average Bonchev–Trinajstić information content (AvgIpc) is 3.54. The maximum Gasteiger partial charge on any atom is 0.285 e. The van der Waals surface area contributed by atoms with Crippen LogP contribution < -0.4 is 11.1 Å². The van der Waals surface area contributed by atoms with Crippen LogP contribution >= 0.6 is 11.3 Å². The number of H-pyrrole nitrogens is 1.